The van der Waals surface area contributed by atoms with E-state index in [9.17, 15) is 19.5 Å². The number of nitrogens with zero attached hydrogens (tertiary/aromatic N) is 2. The molecule has 3 saturated heterocycles. The number of aliphatic hydroxyl groups excluding tert-OH is 1. The van der Waals surface area contributed by atoms with Crippen LogP contribution in [-0.4, -0.2) is 86.4 Å². The van der Waals surface area contributed by atoms with E-state index in [-0.39, 0.29) is 34.5 Å². The first-order valence-electron chi connectivity index (χ1n) is 13.3. The number of rotatable bonds is 16. The minimum atomic E-state index is -0.662. The van der Waals surface area contributed by atoms with Crippen molar-refractivity contribution in [2.45, 2.75) is 79.2 Å². The van der Waals surface area contributed by atoms with E-state index in [1.807, 2.05) is 11.0 Å². The number of amides is 2. The number of aliphatic hydroxyl groups is 1. The van der Waals surface area contributed by atoms with Crippen LogP contribution >= 0.6 is 27.7 Å². The lowest BCUT2D eigenvalue weighted by molar-refractivity contribution is -0.154. The van der Waals surface area contributed by atoms with E-state index < -0.39 is 22.6 Å². The highest BCUT2D eigenvalue weighted by Crippen LogP contribution is 2.68. The van der Waals surface area contributed by atoms with Gasteiger partial charge in [-0.25, -0.2) is 0 Å². The number of allylic oxidation sites excluding steroid dienone is 1. The van der Waals surface area contributed by atoms with Gasteiger partial charge < -0.3 is 19.6 Å². The number of halogens is 1. The van der Waals surface area contributed by atoms with Crippen molar-refractivity contribution in [3.05, 3.63) is 25.3 Å². The number of fused-ring (bicyclic) bond motifs is 1. The molecule has 3 heterocycles. The molecule has 1 N–H and O–H groups in total. The second-order valence-corrected chi connectivity index (χ2v) is 12.7. The minimum Gasteiger partial charge on any atom is -0.465 e. The van der Waals surface area contributed by atoms with Gasteiger partial charge in [0, 0.05) is 36.3 Å². The van der Waals surface area contributed by atoms with Gasteiger partial charge in [-0.05, 0) is 44.9 Å². The number of carbonyl (C=O) groups is 3. The maximum Gasteiger partial charge on any atom is 0.310 e. The lowest BCUT2D eigenvalue weighted by Gasteiger charge is -2.37. The molecule has 3 aliphatic heterocycles. The number of esters is 1. The zero-order valence-electron chi connectivity index (χ0n) is 21.4. The first-order chi connectivity index (χ1) is 17.4. The maximum atomic E-state index is 14.1. The Morgan fingerprint density at radius 2 is 2.03 bits per heavy atom. The summed E-state index contributed by atoms with van der Waals surface area (Å²) in [5.41, 5.74) is 0. The molecule has 6 atom stereocenters. The summed E-state index contributed by atoms with van der Waals surface area (Å²) in [6.07, 6.45) is 9.77. The quantitative estimate of drug-likeness (QED) is 0.128. The largest absolute Gasteiger partial charge is 0.465 e. The van der Waals surface area contributed by atoms with Gasteiger partial charge in [-0.1, -0.05) is 41.4 Å². The zero-order chi connectivity index (χ0) is 26.3. The van der Waals surface area contributed by atoms with Crippen LogP contribution in [0.2, 0.25) is 0 Å². The highest BCUT2D eigenvalue weighted by Gasteiger charge is 2.76. The highest BCUT2D eigenvalue weighted by atomic mass is 79.9. The van der Waals surface area contributed by atoms with Crippen molar-refractivity contribution in [2.75, 3.05) is 32.8 Å². The van der Waals surface area contributed by atoms with Gasteiger partial charge in [-0.3, -0.25) is 14.4 Å². The molecule has 2 amide bonds. The molecule has 202 valence electrons. The fourth-order valence-corrected chi connectivity index (χ4v) is 9.54. The van der Waals surface area contributed by atoms with Crippen LogP contribution in [0.1, 0.15) is 58.3 Å². The molecule has 0 radical (unpaired) electrons. The third-order valence-corrected chi connectivity index (χ3v) is 10.8. The first kappa shape index (κ1) is 29.2. The summed E-state index contributed by atoms with van der Waals surface area (Å²) in [5.74, 6) is -1.64. The van der Waals surface area contributed by atoms with Crippen LogP contribution in [0.15, 0.2) is 25.3 Å². The third-order valence-electron chi connectivity index (χ3n) is 7.59. The van der Waals surface area contributed by atoms with Crippen LogP contribution < -0.4 is 0 Å². The first-order valence-corrected chi connectivity index (χ1v) is 15.1. The van der Waals surface area contributed by atoms with Crippen LogP contribution in [0.25, 0.3) is 0 Å². The Kier molecular flexibility index (Phi) is 10.9. The average molecular weight is 586 g/mol. The van der Waals surface area contributed by atoms with Gasteiger partial charge in [0.25, 0.3) is 0 Å². The molecule has 1 spiro atoms. The van der Waals surface area contributed by atoms with Crippen molar-refractivity contribution in [2.24, 2.45) is 11.8 Å². The van der Waals surface area contributed by atoms with Gasteiger partial charge in [0.1, 0.15) is 6.04 Å². The molecule has 0 aliphatic carbocycles. The van der Waals surface area contributed by atoms with Crippen molar-refractivity contribution >= 4 is 45.5 Å². The zero-order valence-corrected chi connectivity index (χ0v) is 23.8. The van der Waals surface area contributed by atoms with E-state index in [0.717, 1.165) is 32.1 Å². The van der Waals surface area contributed by atoms with E-state index in [2.05, 4.69) is 36.0 Å². The second kappa shape index (κ2) is 13.5. The Hall–Kier alpha value is -1.32. The van der Waals surface area contributed by atoms with Crippen molar-refractivity contribution in [3.8, 4) is 0 Å². The van der Waals surface area contributed by atoms with Crippen LogP contribution in [0, 0.1) is 11.8 Å². The van der Waals surface area contributed by atoms with Gasteiger partial charge in [0.2, 0.25) is 11.8 Å². The lowest BCUT2D eigenvalue weighted by Crippen LogP contribution is -2.55. The fraction of sp³-hybridized carbons (Fsp3) is 0.741. The van der Waals surface area contributed by atoms with Gasteiger partial charge in [0.15, 0.2) is 0 Å². The highest BCUT2D eigenvalue weighted by molar-refractivity contribution is 9.09. The van der Waals surface area contributed by atoms with Crippen molar-refractivity contribution in [3.63, 3.8) is 0 Å². The standard InChI is InChI=1S/C27H41BrN2O5S/c1-4-7-9-12-17-35-26(34)20-21-24(32)30(15-10-11-16-31)23(27(21)18-19(28)22(20)36-27)25(33)29(13-6-3)14-8-5-2/h4,6,19-23,31H,1,3,5,7-18H2,2H3/t19?,20-,21+,22-,23?,27?/m1/s1. The molecule has 3 aliphatic rings. The molecule has 0 saturated carbocycles. The summed E-state index contributed by atoms with van der Waals surface area (Å²) in [6.45, 7) is 11.4. The molecule has 7 nitrogen and oxygen atoms in total. The molecule has 2 bridgehead atoms. The molecule has 3 fully saturated rings. The summed E-state index contributed by atoms with van der Waals surface area (Å²) in [6, 6.07) is -0.633. The van der Waals surface area contributed by atoms with Crippen LogP contribution in [0.4, 0.5) is 0 Å². The van der Waals surface area contributed by atoms with Gasteiger partial charge >= 0.3 is 5.97 Å². The number of unbranched alkanes of at least 4 members (excludes halogenated alkanes) is 4. The number of alkyl halides is 1. The van der Waals surface area contributed by atoms with Crippen LogP contribution in [-0.2, 0) is 19.1 Å². The predicted molar refractivity (Wildman–Crippen MR) is 147 cm³/mol. The summed E-state index contributed by atoms with van der Waals surface area (Å²) in [7, 11) is 0. The molecule has 9 heteroatoms. The van der Waals surface area contributed by atoms with Gasteiger partial charge in [-0.2, -0.15) is 0 Å². The topological polar surface area (TPSA) is 87.2 Å². The number of likely N-dealkylation sites (tertiary alicyclic amines) is 1. The number of hydrogen-bond donors (Lipinski definition) is 1. The Balaban J connectivity index is 1.90. The Bertz CT molecular complexity index is 826. The average Bonchev–Trinajstić information content (AvgIpc) is 3.45. The molecule has 3 unspecified atom stereocenters. The molecule has 3 rings (SSSR count). The summed E-state index contributed by atoms with van der Waals surface area (Å²) in [5, 5.41) is 9.22. The molecule has 36 heavy (non-hydrogen) atoms. The van der Waals surface area contributed by atoms with Crippen LogP contribution in [0.3, 0.4) is 0 Å². The fourth-order valence-electron chi connectivity index (χ4n) is 5.94. The van der Waals surface area contributed by atoms with Crippen LogP contribution in [0.5, 0.6) is 0 Å². The van der Waals surface area contributed by atoms with Crippen molar-refractivity contribution < 1.29 is 24.2 Å². The summed E-state index contributed by atoms with van der Waals surface area (Å²) >= 11 is 5.42. The number of carbonyl (C=O) groups excluding carboxylic acids is 3. The molecule has 0 aromatic carbocycles. The van der Waals surface area contributed by atoms with Gasteiger partial charge in [-0.15, -0.1) is 24.9 Å². The summed E-state index contributed by atoms with van der Waals surface area (Å²) < 4.78 is 5.01. The van der Waals surface area contributed by atoms with E-state index in [1.165, 1.54) is 0 Å². The molecule has 0 aromatic rings. The molecule has 0 aromatic heterocycles. The third kappa shape index (κ3) is 5.73. The Labute approximate surface area is 228 Å². The Morgan fingerprint density at radius 1 is 1.25 bits per heavy atom. The minimum absolute atomic E-state index is 0.0288. The number of thioether (sulfide) groups is 1. The lowest BCUT2D eigenvalue weighted by atomic mass is 9.71. The monoisotopic (exact) mass is 584 g/mol. The Morgan fingerprint density at radius 3 is 2.69 bits per heavy atom. The smallest absolute Gasteiger partial charge is 0.310 e. The van der Waals surface area contributed by atoms with Crippen molar-refractivity contribution in [1.82, 2.24) is 9.80 Å². The van der Waals surface area contributed by atoms with E-state index in [1.54, 1.807) is 22.7 Å². The second-order valence-electron chi connectivity index (χ2n) is 10.0. The predicted octanol–water partition coefficient (Wildman–Crippen LogP) is 3.94. The van der Waals surface area contributed by atoms with Gasteiger partial charge in [0.05, 0.1) is 23.2 Å². The SMILES string of the molecule is C=CCCCCOC(=O)[C@H]1[C@@H]2SC3(CC2Br)C(C(=O)N(CC=C)CCCC)N(CCCCO)C(=O)[C@H]13. The number of hydrogen-bond acceptors (Lipinski definition) is 6. The molecular weight excluding hydrogens is 544 g/mol. The van der Waals surface area contributed by atoms with E-state index in [4.69, 9.17) is 4.74 Å². The molecular formula is C27H41BrN2O5S. The summed E-state index contributed by atoms with van der Waals surface area (Å²) in [4.78, 5) is 44.9. The number of ether oxygens (including phenoxy) is 1. The normalized spacial score (nSPS) is 30.4. The van der Waals surface area contributed by atoms with E-state index in [0.29, 0.717) is 45.5 Å². The maximum absolute atomic E-state index is 14.1. The van der Waals surface area contributed by atoms with E-state index >= 15 is 0 Å². The van der Waals surface area contributed by atoms with Crippen molar-refractivity contribution in [1.29, 1.82) is 0 Å².